The minimum Gasteiger partial charge on any atom is -0.497 e. The van der Waals surface area contributed by atoms with Crippen molar-refractivity contribution < 1.29 is 14.3 Å². The van der Waals surface area contributed by atoms with E-state index in [1.165, 1.54) is 6.20 Å². The summed E-state index contributed by atoms with van der Waals surface area (Å²) in [6.07, 6.45) is 1.53. The highest BCUT2D eigenvalue weighted by atomic mass is 16.5. The first kappa shape index (κ1) is 18.1. The summed E-state index contributed by atoms with van der Waals surface area (Å²) in [6, 6.07) is 17.4. The topological polar surface area (TPSA) is 80.3 Å². The van der Waals surface area contributed by atoms with Gasteiger partial charge in [-0.25, -0.2) is 4.98 Å². The number of rotatable bonds is 5. The number of aryl methyl sites for hydroxylation is 1. The number of carbonyl (C=O) groups is 2. The molecule has 2 amide bonds. The lowest BCUT2D eigenvalue weighted by Gasteiger charge is -2.11. The molecule has 6 nitrogen and oxygen atoms in total. The summed E-state index contributed by atoms with van der Waals surface area (Å²) in [4.78, 5) is 28.8. The smallest absolute Gasteiger partial charge is 0.256 e. The molecule has 0 saturated carbocycles. The van der Waals surface area contributed by atoms with Gasteiger partial charge in [-0.3, -0.25) is 9.59 Å². The number of carbonyl (C=O) groups excluding carboxylic acids is 2. The van der Waals surface area contributed by atoms with Gasteiger partial charge in [0.2, 0.25) is 0 Å². The molecule has 2 aromatic carbocycles. The SMILES string of the molecule is COc1ccc(C(=O)Nc2cnc(NC(=O)c3ccccc3)cc2C)cc1. The van der Waals surface area contributed by atoms with Crippen LogP contribution < -0.4 is 15.4 Å². The van der Waals surface area contributed by atoms with Gasteiger partial charge in [0.15, 0.2) is 0 Å². The third-order valence-corrected chi connectivity index (χ3v) is 3.99. The number of pyridine rings is 1. The highest BCUT2D eigenvalue weighted by Gasteiger charge is 2.11. The van der Waals surface area contributed by atoms with E-state index < -0.39 is 0 Å². The Morgan fingerprint density at radius 1 is 0.889 bits per heavy atom. The molecule has 3 rings (SSSR count). The van der Waals surface area contributed by atoms with Crippen molar-refractivity contribution in [3.05, 3.63) is 83.6 Å². The van der Waals surface area contributed by atoms with Gasteiger partial charge in [-0.2, -0.15) is 0 Å². The predicted octanol–water partition coefficient (Wildman–Crippen LogP) is 3.90. The number of ether oxygens (including phenoxy) is 1. The number of methoxy groups -OCH3 is 1. The molecule has 0 radical (unpaired) electrons. The predicted molar refractivity (Wildman–Crippen MR) is 104 cm³/mol. The summed E-state index contributed by atoms with van der Waals surface area (Å²) in [6.45, 7) is 1.84. The second kappa shape index (κ2) is 8.14. The zero-order valence-corrected chi connectivity index (χ0v) is 15.0. The van der Waals surface area contributed by atoms with Gasteiger partial charge in [0, 0.05) is 11.1 Å². The van der Waals surface area contributed by atoms with Crippen LogP contribution in [0.3, 0.4) is 0 Å². The Labute approximate surface area is 157 Å². The van der Waals surface area contributed by atoms with Crippen molar-refractivity contribution in [2.24, 2.45) is 0 Å². The van der Waals surface area contributed by atoms with Crippen molar-refractivity contribution in [1.82, 2.24) is 4.98 Å². The van der Waals surface area contributed by atoms with Crippen LogP contribution in [0.5, 0.6) is 5.75 Å². The van der Waals surface area contributed by atoms with Crippen molar-refractivity contribution >= 4 is 23.3 Å². The van der Waals surface area contributed by atoms with Crippen molar-refractivity contribution in [3.63, 3.8) is 0 Å². The van der Waals surface area contributed by atoms with E-state index in [9.17, 15) is 9.59 Å². The van der Waals surface area contributed by atoms with Crippen molar-refractivity contribution in [3.8, 4) is 5.75 Å². The molecule has 6 heteroatoms. The van der Waals surface area contributed by atoms with Gasteiger partial charge in [-0.1, -0.05) is 18.2 Å². The molecule has 0 aliphatic rings. The first-order chi connectivity index (χ1) is 13.1. The molecule has 0 saturated heterocycles. The first-order valence-corrected chi connectivity index (χ1v) is 8.35. The van der Waals surface area contributed by atoms with E-state index in [0.29, 0.717) is 28.4 Å². The Balaban J connectivity index is 1.69. The summed E-state index contributed by atoms with van der Waals surface area (Å²) in [5.74, 6) is 0.618. The Kier molecular flexibility index (Phi) is 5.47. The molecule has 1 aromatic heterocycles. The molecular formula is C21H19N3O3. The quantitative estimate of drug-likeness (QED) is 0.722. The lowest BCUT2D eigenvalue weighted by molar-refractivity contribution is 0.101. The van der Waals surface area contributed by atoms with Crippen LogP contribution in [0.25, 0.3) is 0 Å². The number of hydrogen-bond donors (Lipinski definition) is 2. The molecule has 3 aromatic rings. The van der Waals surface area contributed by atoms with Crippen molar-refractivity contribution in [2.75, 3.05) is 17.7 Å². The number of hydrogen-bond acceptors (Lipinski definition) is 4. The second-order valence-corrected chi connectivity index (χ2v) is 5.89. The third-order valence-electron chi connectivity index (χ3n) is 3.99. The minimum atomic E-state index is -0.247. The van der Waals surface area contributed by atoms with E-state index in [1.54, 1.807) is 61.7 Å². The van der Waals surface area contributed by atoms with E-state index in [2.05, 4.69) is 15.6 Å². The number of amides is 2. The third kappa shape index (κ3) is 4.49. The highest BCUT2D eigenvalue weighted by molar-refractivity contribution is 6.05. The summed E-state index contributed by atoms with van der Waals surface area (Å²) < 4.78 is 5.09. The standard InChI is InChI=1S/C21H19N3O3/c1-14-12-19(24-21(26)15-6-4-3-5-7-15)22-13-18(14)23-20(25)16-8-10-17(27-2)11-9-16/h3-13H,1-2H3,(H,23,25)(H,22,24,26). The lowest BCUT2D eigenvalue weighted by Crippen LogP contribution is -2.15. The molecule has 136 valence electrons. The molecule has 0 unspecified atom stereocenters. The lowest BCUT2D eigenvalue weighted by atomic mass is 10.2. The summed E-state index contributed by atoms with van der Waals surface area (Å²) in [5.41, 5.74) is 2.43. The molecule has 0 aliphatic heterocycles. The van der Waals surface area contributed by atoms with Crippen LogP contribution in [0.15, 0.2) is 66.9 Å². The number of nitrogens with zero attached hydrogens (tertiary/aromatic N) is 1. The molecule has 0 aliphatic carbocycles. The normalized spacial score (nSPS) is 10.1. The Morgan fingerprint density at radius 3 is 2.15 bits per heavy atom. The number of benzene rings is 2. The average molecular weight is 361 g/mol. The maximum Gasteiger partial charge on any atom is 0.256 e. The Hall–Kier alpha value is -3.67. The largest absolute Gasteiger partial charge is 0.497 e. The van der Waals surface area contributed by atoms with Gasteiger partial charge in [0.1, 0.15) is 11.6 Å². The molecule has 0 bridgehead atoms. The van der Waals surface area contributed by atoms with Crippen LogP contribution in [0.4, 0.5) is 11.5 Å². The molecule has 0 spiro atoms. The number of aromatic nitrogens is 1. The van der Waals surface area contributed by atoms with Crippen LogP contribution in [0.1, 0.15) is 26.3 Å². The van der Waals surface area contributed by atoms with Crippen LogP contribution in [-0.4, -0.2) is 23.9 Å². The monoisotopic (exact) mass is 361 g/mol. The van der Waals surface area contributed by atoms with Crippen LogP contribution in [0, 0.1) is 6.92 Å². The fraction of sp³-hybridized carbons (Fsp3) is 0.0952. The Morgan fingerprint density at radius 2 is 1.52 bits per heavy atom. The van der Waals surface area contributed by atoms with Crippen molar-refractivity contribution in [1.29, 1.82) is 0 Å². The van der Waals surface area contributed by atoms with Gasteiger partial charge >= 0.3 is 0 Å². The van der Waals surface area contributed by atoms with Gasteiger partial charge in [-0.15, -0.1) is 0 Å². The molecule has 2 N–H and O–H groups in total. The summed E-state index contributed by atoms with van der Waals surface area (Å²) in [7, 11) is 1.57. The Bertz CT molecular complexity index is 954. The van der Waals surface area contributed by atoms with Crippen LogP contribution >= 0.6 is 0 Å². The van der Waals surface area contributed by atoms with E-state index in [1.807, 2.05) is 13.0 Å². The highest BCUT2D eigenvalue weighted by Crippen LogP contribution is 2.19. The second-order valence-electron chi connectivity index (χ2n) is 5.89. The summed E-state index contributed by atoms with van der Waals surface area (Å²) in [5, 5.41) is 5.57. The number of anilines is 2. The number of nitrogens with one attached hydrogen (secondary N) is 2. The van der Waals surface area contributed by atoms with Crippen molar-refractivity contribution in [2.45, 2.75) is 6.92 Å². The molecule has 27 heavy (non-hydrogen) atoms. The molecule has 0 fully saturated rings. The molecule has 0 atom stereocenters. The zero-order chi connectivity index (χ0) is 19.2. The maximum absolute atomic E-state index is 12.4. The van der Waals surface area contributed by atoms with Crippen LogP contribution in [0.2, 0.25) is 0 Å². The minimum absolute atomic E-state index is 0.238. The van der Waals surface area contributed by atoms with E-state index in [0.717, 1.165) is 5.56 Å². The first-order valence-electron chi connectivity index (χ1n) is 8.35. The van der Waals surface area contributed by atoms with Gasteiger partial charge < -0.3 is 15.4 Å². The molecular weight excluding hydrogens is 342 g/mol. The van der Waals surface area contributed by atoms with E-state index in [-0.39, 0.29) is 11.8 Å². The zero-order valence-electron chi connectivity index (χ0n) is 15.0. The van der Waals surface area contributed by atoms with E-state index in [4.69, 9.17) is 4.74 Å². The van der Waals surface area contributed by atoms with Crippen LogP contribution in [-0.2, 0) is 0 Å². The van der Waals surface area contributed by atoms with Gasteiger partial charge in [-0.05, 0) is 55.0 Å². The fourth-order valence-electron chi connectivity index (χ4n) is 2.47. The summed E-state index contributed by atoms with van der Waals surface area (Å²) >= 11 is 0. The molecule has 1 heterocycles. The van der Waals surface area contributed by atoms with Gasteiger partial charge in [0.05, 0.1) is 19.0 Å². The van der Waals surface area contributed by atoms with E-state index >= 15 is 0 Å². The fourth-order valence-corrected chi connectivity index (χ4v) is 2.47. The van der Waals surface area contributed by atoms with Gasteiger partial charge in [0.25, 0.3) is 11.8 Å². The maximum atomic E-state index is 12.4. The average Bonchev–Trinajstić information content (AvgIpc) is 2.70.